The first-order chi connectivity index (χ1) is 7.54. The standard InChI is InChI=1S/C13H16O3/c1-7-4-9-5-10(13(15)16-3)6-11(9)8(2)12(7)14/h4,10,14H,5-6H2,1-3H3. The molecule has 3 nitrogen and oxygen atoms in total. The molecular weight excluding hydrogens is 204 g/mol. The number of phenolic OH excluding ortho intramolecular Hbond substituents is 1. The highest BCUT2D eigenvalue weighted by molar-refractivity contribution is 5.75. The predicted octanol–water partition coefficient (Wildman–Crippen LogP) is 1.90. The van der Waals surface area contributed by atoms with E-state index in [1.54, 1.807) is 0 Å². The number of hydrogen-bond donors (Lipinski definition) is 1. The van der Waals surface area contributed by atoms with Gasteiger partial charge in [-0.1, -0.05) is 6.07 Å². The molecule has 0 saturated carbocycles. The van der Waals surface area contributed by atoms with E-state index in [9.17, 15) is 9.90 Å². The van der Waals surface area contributed by atoms with E-state index >= 15 is 0 Å². The third-order valence-electron chi connectivity index (χ3n) is 3.41. The van der Waals surface area contributed by atoms with Crippen LogP contribution in [-0.2, 0) is 22.4 Å². The second-order valence-corrected chi connectivity index (χ2v) is 4.43. The molecule has 1 atom stereocenters. The summed E-state index contributed by atoms with van der Waals surface area (Å²) < 4.78 is 4.76. The van der Waals surface area contributed by atoms with E-state index in [0.717, 1.165) is 23.1 Å². The lowest BCUT2D eigenvalue weighted by atomic mass is 10.00. The number of carbonyl (C=O) groups excluding carboxylic acids is 1. The Hall–Kier alpha value is -1.51. The van der Waals surface area contributed by atoms with Gasteiger partial charge < -0.3 is 9.84 Å². The number of fused-ring (bicyclic) bond motifs is 1. The molecule has 1 unspecified atom stereocenters. The van der Waals surface area contributed by atoms with Crippen LogP contribution >= 0.6 is 0 Å². The zero-order valence-electron chi connectivity index (χ0n) is 9.83. The van der Waals surface area contributed by atoms with E-state index in [0.29, 0.717) is 12.2 Å². The largest absolute Gasteiger partial charge is 0.507 e. The summed E-state index contributed by atoms with van der Waals surface area (Å²) in [6, 6.07) is 1.97. The average molecular weight is 220 g/mol. The van der Waals surface area contributed by atoms with Gasteiger partial charge in [-0.2, -0.15) is 0 Å². The second kappa shape index (κ2) is 3.81. The van der Waals surface area contributed by atoms with E-state index < -0.39 is 0 Å². The third kappa shape index (κ3) is 1.56. The fourth-order valence-corrected chi connectivity index (χ4v) is 2.48. The summed E-state index contributed by atoms with van der Waals surface area (Å²) in [5, 5.41) is 9.84. The molecule has 0 amide bonds. The number of ether oxygens (including phenoxy) is 1. The molecular formula is C13H16O3. The summed E-state index contributed by atoms with van der Waals surface area (Å²) >= 11 is 0. The Kier molecular flexibility index (Phi) is 2.62. The van der Waals surface area contributed by atoms with Crippen molar-refractivity contribution in [1.29, 1.82) is 0 Å². The zero-order valence-corrected chi connectivity index (χ0v) is 9.83. The average Bonchev–Trinajstić information content (AvgIpc) is 2.69. The maximum Gasteiger partial charge on any atom is 0.309 e. The lowest BCUT2D eigenvalue weighted by Crippen LogP contribution is -2.16. The van der Waals surface area contributed by atoms with Gasteiger partial charge in [-0.25, -0.2) is 0 Å². The summed E-state index contributed by atoms with van der Waals surface area (Å²) in [7, 11) is 1.42. The molecule has 1 aliphatic rings. The van der Waals surface area contributed by atoms with Crippen molar-refractivity contribution in [3.8, 4) is 5.75 Å². The van der Waals surface area contributed by atoms with Crippen molar-refractivity contribution in [3.05, 3.63) is 28.3 Å². The van der Waals surface area contributed by atoms with Crippen LogP contribution in [0.5, 0.6) is 5.75 Å². The number of hydrogen-bond acceptors (Lipinski definition) is 3. The number of methoxy groups -OCH3 is 1. The van der Waals surface area contributed by atoms with E-state index in [2.05, 4.69) is 0 Å². The molecule has 0 heterocycles. The molecule has 0 aromatic heterocycles. The van der Waals surface area contributed by atoms with E-state index in [1.165, 1.54) is 12.7 Å². The Morgan fingerprint density at radius 3 is 2.75 bits per heavy atom. The van der Waals surface area contributed by atoms with Gasteiger partial charge in [0.15, 0.2) is 0 Å². The van der Waals surface area contributed by atoms with Gasteiger partial charge in [0.1, 0.15) is 5.75 Å². The summed E-state index contributed by atoms with van der Waals surface area (Å²) in [4.78, 5) is 11.5. The zero-order chi connectivity index (χ0) is 11.9. The van der Waals surface area contributed by atoms with Crippen molar-refractivity contribution >= 4 is 5.97 Å². The van der Waals surface area contributed by atoms with Crippen molar-refractivity contribution in [1.82, 2.24) is 0 Å². The Morgan fingerprint density at radius 1 is 1.44 bits per heavy atom. The molecule has 1 aliphatic carbocycles. The minimum Gasteiger partial charge on any atom is -0.507 e. The van der Waals surface area contributed by atoms with Gasteiger partial charge >= 0.3 is 5.97 Å². The van der Waals surface area contributed by atoms with Gasteiger partial charge in [0.2, 0.25) is 0 Å². The first-order valence-electron chi connectivity index (χ1n) is 5.43. The molecule has 2 rings (SSSR count). The molecule has 3 heteroatoms. The summed E-state index contributed by atoms with van der Waals surface area (Å²) in [6.07, 6.45) is 1.41. The number of aryl methyl sites for hydroxylation is 1. The van der Waals surface area contributed by atoms with Gasteiger partial charge in [-0.3, -0.25) is 4.79 Å². The van der Waals surface area contributed by atoms with Crippen LogP contribution in [0.3, 0.4) is 0 Å². The molecule has 1 aromatic carbocycles. The molecule has 1 N–H and O–H groups in total. The molecule has 0 saturated heterocycles. The molecule has 0 fully saturated rings. The highest BCUT2D eigenvalue weighted by Crippen LogP contribution is 2.36. The summed E-state index contributed by atoms with van der Waals surface area (Å²) in [5.41, 5.74) is 4.06. The number of aromatic hydroxyl groups is 1. The first kappa shape index (κ1) is 11.0. The Labute approximate surface area is 95.0 Å². The molecule has 0 bridgehead atoms. The van der Waals surface area contributed by atoms with Crippen LogP contribution in [0.15, 0.2) is 6.07 Å². The lowest BCUT2D eigenvalue weighted by Gasteiger charge is -2.08. The number of benzene rings is 1. The Bertz CT molecular complexity index is 449. The highest BCUT2D eigenvalue weighted by atomic mass is 16.5. The molecule has 1 aromatic rings. The normalized spacial score (nSPS) is 18.3. The first-order valence-corrected chi connectivity index (χ1v) is 5.43. The van der Waals surface area contributed by atoms with Crippen molar-refractivity contribution in [3.63, 3.8) is 0 Å². The van der Waals surface area contributed by atoms with Crippen LogP contribution in [0.25, 0.3) is 0 Å². The minimum absolute atomic E-state index is 0.0834. The second-order valence-electron chi connectivity index (χ2n) is 4.43. The van der Waals surface area contributed by atoms with E-state index in [-0.39, 0.29) is 11.9 Å². The number of carbonyl (C=O) groups is 1. The number of phenols is 1. The van der Waals surface area contributed by atoms with Crippen molar-refractivity contribution in [2.24, 2.45) is 5.92 Å². The van der Waals surface area contributed by atoms with E-state index in [1.807, 2.05) is 19.9 Å². The van der Waals surface area contributed by atoms with Crippen molar-refractivity contribution < 1.29 is 14.6 Å². The molecule has 0 spiro atoms. The maximum atomic E-state index is 11.5. The predicted molar refractivity (Wildman–Crippen MR) is 60.5 cm³/mol. The van der Waals surface area contributed by atoms with Crippen LogP contribution in [0.2, 0.25) is 0 Å². The number of rotatable bonds is 1. The van der Waals surface area contributed by atoms with Gasteiger partial charge in [-0.15, -0.1) is 0 Å². The van der Waals surface area contributed by atoms with Crippen LogP contribution < -0.4 is 0 Å². The van der Waals surface area contributed by atoms with Crippen LogP contribution in [-0.4, -0.2) is 18.2 Å². The van der Waals surface area contributed by atoms with Crippen LogP contribution in [0.4, 0.5) is 0 Å². The van der Waals surface area contributed by atoms with Gasteiger partial charge in [0.25, 0.3) is 0 Å². The lowest BCUT2D eigenvalue weighted by molar-refractivity contribution is -0.145. The molecule has 86 valence electrons. The fraction of sp³-hybridized carbons (Fsp3) is 0.462. The minimum atomic E-state index is -0.159. The third-order valence-corrected chi connectivity index (χ3v) is 3.41. The monoisotopic (exact) mass is 220 g/mol. The van der Waals surface area contributed by atoms with Crippen LogP contribution in [0.1, 0.15) is 22.3 Å². The van der Waals surface area contributed by atoms with Gasteiger partial charge in [0.05, 0.1) is 13.0 Å². The molecule has 0 aliphatic heterocycles. The molecule has 0 radical (unpaired) electrons. The van der Waals surface area contributed by atoms with Crippen molar-refractivity contribution in [2.75, 3.05) is 7.11 Å². The quantitative estimate of drug-likeness (QED) is 0.735. The summed E-state index contributed by atoms with van der Waals surface area (Å²) in [5.74, 6) is 0.108. The molecule has 16 heavy (non-hydrogen) atoms. The number of esters is 1. The van der Waals surface area contributed by atoms with Gasteiger partial charge in [-0.05, 0) is 48.9 Å². The van der Waals surface area contributed by atoms with Gasteiger partial charge in [0, 0.05) is 0 Å². The van der Waals surface area contributed by atoms with E-state index in [4.69, 9.17) is 4.74 Å². The summed E-state index contributed by atoms with van der Waals surface area (Å²) in [6.45, 7) is 3.79. The fourth-order valence-electron chi connectivity index (χ4n) is 2.48. The Balaban J connectivity index is 2.38. The highest BCUT2D eigenvalue weighted by Gasteiger charge is 2.30. The van der Waals surface area contributed by atoms with Crippen molar-refractivity contribution in [2.45, 2.75) is 26.7 Å². The van der Waals surface area contributed by atoms with Crippen LogP contribution in [0, 0.1) is 19.8 Å². The Morgan fingerprint density at radius 2 is 2.12 bits per heavy atom. The smallest absolute Gasteiger partial charge is 0.309 e. The topological polar surface area (TPSA) is 46.5 Å². The SMILES string of the molecule is COC(=O)C1Cc2cc(C)c(O)c(C)c2C1. The maximum absolute atomic E-state index is 11.5.